The van der Waals surface area contributed by atoms with Crippen molar-refractivity contribution in [3.63, 3.8) is 0 Å². The number of allylic oxidation sites excluding steroid dienone is 8. The number of aliphatic hydroxyl groups excluding tert-OH is 3. The molecule has 1 rings (SSSR count). The molecule has 0 saturated carbocycles. The Bertz CT molecular complexity index is 1300. The van der Waals surface area contributed by atoms with Crippen LogP contribution in [-0.4, -0.2) is 96.0 Å². The molecule has 0 radical (unpaired) electrons. The Morgan fingerprint density at radius 2 is 1.05 bits per heavy atom. The van der Waals surface area contributed by atoms with Crippen molar-refractivity contribution in [3.05, 3.63) is 48.6 Å². The fraction of sp³-hybridized carbons (Fsp3) is 0.787. The molecule has 13 heteroatoms. The SMILES string of the molecule is CC/C=C\C/C=C\C/C=C\C/C=C\CCCCCCCCC(=O)OC(COC(=O)CCCCCCCCCCCCCCC)COC1OC(CS(=O)(=O)O)C(O)C(O)C1O. The summed E-state index contributed by atoms with van der Waals surface area (Å²) >= 11 is 0. The summed E-state index contributed by atoms with van der Waals surface area (Å²) in [6, 6.07) is 0. The van der Waals surface area contributed by atoms with E-state index in [9.17, 15) is 37.9 Å². The van der Waals surface area contributed by atoms with Gasteiger partial charge in [0.1, 0.15) is 36.8 Å². The highest BCUT2D eigenvalue weighted by atomic mass is 32.2. The second-order valence-corrected chi connectivity index (χ2v) is 17.5. The van der Waals surface area contributed by atoms with Gasteiger partial charge in [0.15, 0.2) is 12.4 Å². The quantitative estimate of drug-likeness (QED) is 0.0200. The number of ether oxygens (including phenoxy) is 4. The van der Waals surface area contributed by atoms with E-state index >= 15 is 0 Å². The molecule has 0 aromatic heterocycles. The number of carbonyl (C=O) groups excluding carboxylic acids is 2. The van der Waals surface area contributed by atoms with Crippen LogP contribution in [0.4, 0.5) is 0 Å². The highest BCUT2D eigenvalue weighted by Crippen LogP contribution is 2.24. The molecule has 0 bridgehead atoms. The van der Waals surface area contributed by atoms with Crippen LogP contribution < -0.4 is 0 Å². The predicted octanol–water partition coefficient (Wildman–Crippen LogP) is 9.56. The third-order valence-electron chi connectivity index (χ3n) is 10.4. The van der Waals surface area contributed by atoms with E-state index in [4.69, 9.17) is 18.9 Å². The summed E-state index contributed by atoms with van der Waals surface area (Å²) in [4.78, 5) is 25.4. The monoisotopic (exact) mass is 871 g/mol. The van der Waals surface area contributed by atoms with Crippen LogP contribution in [0.3, 0.4) is 0 Å². The van der Waals surface area contributed by atoms with Gasteiger partial charge in [-0.2, -0.15) is 8.42 Å². The standard InChI is InChI=1S/C47H82O12S/c1-3-5-7-9-11-13-15-17-18-19-20-21-22-24-26-28-30-32-34-36-43(49)58-40(38-57-47-46(52)45(51)44(50)41(59-47)39-60(53,54)55)37-56-42(48)35-33-31-29-27-25-23-16-14-12-10-8-6-4-2/h5,7,11,13,17-18,20-21,40-41,44-47,50-52H,3-4,6,8-10,12,14-16,19,22-39H2,1-2H3,(H,53,54,55)/b7-5-,13-11-,18-17-,21-20-. The van der Waals surface area contributed by atoms with Crippen molar-refractivity contribution < 1.29 is 56.8 Å². The molecule has 348 valence electrons. The molecule has 6 atom stereocenters. The van der Waals surface area contributed by atoms with Crippen LogP contribution in [0.25, 0.3) is 0 Å². The molecule has 12 nitrogen and oxygen atoms in total. The lowest BCUT2D eigenvalue weighted by Gasteiger charge is -2.40. The summed E-state index contributed by atoms with van der Waals surface area (Å²) in [5.74, 6) is -2.00. The fourth-order valence-electron chi connectivity index (χ4n) is 6.84. The zero-order valence-electron chi connectivity index (χ0n) is 37.1. The van der Waals surface area contributed by atoms with Crippen LogP contribution in [0, 0.1) is 0 Å². The van der Waals surface area contributed by atoms with Crippen LogP contribution in [0.1, 0.15) is 181 Å². The van der Waals surface area contributed by atoms with Gasteiger partial charge >= 0.3 is 11.9 Å². The number of carbonyl (C=O) groups is 2. The van der Waals surface area contributed by atoms with Gasteiger partial charge in [0.05, 0.1) is 6.61 Å². The molecular formula is C47H82O12S. The van der Waals surface area contributed by atoms with Crippen molar-refractivity contribution in [2.75, 3.05) is 19.0 Å². The first-order chi connectivity index (χ1) is 29.0. The Morgan fingerprint density at radius 1 is 0.583 bits per heavy atom. The molecule has 6 unspecified atom stereocenters. The van der Waals surface area contributed by atoms with Crippen LogP contribution >= 0.6 is 0 Å². The van der Waals surface area contributed by atoms with Crippen molar-refractivity contribution >= 4 is 22.1 Å². The van der Waals surface area contributed by atoms with E-state index in [0.29, 0.717) is 12.8 Å². The number of rotatable bonds is 38. The maximum absolute atomic E-state index is 12.8. The van der Waals surface area contributed by atoms with E-state index in [1.165, 1.54) is 57.8 Å². The van der Waals surface area contributed by atoms with Gasteiger partial charge in [-0.1, -0.05) is 165 Å². The normalized spacial score (nSPS) is 20.5. The van der Waals surface area contributed by atoms with Crippen LogP contribution in [0.15, 0.2) is 48.6 Å². The van der Waals surface area contributed by atoms with Gasteiger partial charge in [-0.05, 0) is 51.4 Å². The summed E-state index contributed by atoms with van der Waals surface area (Å²) in [5.41, 5.74) is 0. The second-order valence-electron chi connectivity index (χ2n) is 16.0. The average molecular weight is 871 g/mol. The minimum Gasteiger partial charge on any atom is -0.462 e. The zero-order valence-corrected chi connectivity index (χ0v) is 37.9. The van der Waals surface area contributed by atoms with Gasteiger partial charge in [-0.25, -0.2) is 0 Å². The molecule has 60 heavy (non-hydrogen) atoms. The topological polar surface area (TPSA) is 186 Å². The zero-order chi connectivity index (χ0) is 44.1. The number of esters is 2. The lowest BCUT2D eigenvalue weighted by molar-refractivity contribution is -0.297. The first-order valence-corrected chi connectivity index (χ1v) is 24.8. The summed E-state index contributed by atoms with van der Waals surface area (Å²) in [6.07, 6.45) is 34.3. The van der Waals surface area contributed by atoms with Gasteiger partial charge in [-0.3, -0.25) is 14.1 Å². The number of hydrogen-bond donors (Lipinski definition) is 4. The highest BCUT2D eigenvalue weighted by Gasteiger charge is 2.46. The van der Waals surface area contributed by atoms with Gasteiger partial charge in [0.25, 0.3) is 10.1 Å². The molecule has 1 fully saturated rings. The van der Waals surface area contributed by atoms with Crippen molar-refractivity contribution in [2.45, 2.75) is 218 Å². The molecule has 1 aliphatic heterocycles. The lowest BCUT2D eigenvalue weighted by atomic mass is 10.00. The molecule has 0 aromatic carbocycles. The van der Waals surface area contributed by atoms with E-state index in [2.05, 4.69) is 62.5 Å². The van der Waals surface area contributed by atoms with Crippen LogP contribution in [-0.2, 0) is 38.7 Å². The van der Waals surface area contributed by atoms with E-state index in [1.54, 1.807) is 0 Å². The molecule has 1 aliphatic rings. The minimum atomic E-state index is -4.60. The summed E-state index contributed by atoms with van der Waals surface area (Å²) in [5, 5.41) is 30.9. The molecule has 0 spiro atoms. The molecule has 0 aromatic rings. The largest absolute Gasteiger partial charge is 0.462 e. The third-order valence-corrected chi connectivity index (χ3v) is 11.2. The van der Waals surface area contributed by atoms with E-state index in [1.807, 2.05) is 0 Å². The van der Waals surface area contributed by atoms with Gasteiger partial charge in [0, 0.05) is 12.8 Å². The van der Waals surface area contributed by atoms with Crippen molar-refractivity contribution in [1.82, 2.24) is 0 Å². The molecule has 4 N–H and O–H groups in total. The molecular weight excluding hydrogens is 789 g/mol. The summed E-state index contributed by atoms with van der Waals surface area (Å²) in [7, 11) is -4.60. The number of unbranched alkanes of at least 4 members (excludes halogenated alkanes) is 18. The Morgan fingerprint density at radius 3 is 1.57 bits per heavy atom. The third kappa shape index (κ3) is 31.5. The van der Waals surface area contributed by atoms with Crippen LogP contribution in [0.2, 0.25) is 0 Å². The number of hydrogen-bond acceptors (Lipinski definition) is 11. The van der Waals surface area contributed by atoms with Gasteiger partial charge in [-0.15, -0.1) is 0 Å². The van der Waals surface area contributed by atoms with Crippen LogP contribution in [0.5, 0.6) is 0 Å². The lowest BCUT2D eigenvalue weighted by Crippen LogP contribution is -2.60. The maximum atomic E-state index is 12.8. The smallest absolute Gasteiger partial charge is 0.306 e. The molecule has 1 saturated heterocycles. The summed E-state index contributed by atoms with van der Waals surface area (Å²) in [6.45, 7) is 3.64. The van der Waals surface area contributed by atoms with Crippen molar-refractivity contribution in [2.24, 2.45) is 0 Å². The first kappa shape index (κ1) is 55.6. The minimum absolute atomic E-state index is 0.148. The maximum Gasteiger partial charge on any atom is 0.306 e. The molecule has 1 heterocycles. The number of aliphatic hydroxyl groups is 3. The Kier molecular flexibility index (Phi) is 34.5. The van der Waals surface area contributed by atoms with E-state index in [0.717, 1.165) is 83.5 Å². The van der Waals surface area contributed by atoms with Gasteiger partial charge in [0.2, 0.25) is 0 Å². The van der Waals surface area contributed by atoms with Gasteiger partial charge < -0.3 is 34.3 Å². The predicted molar refractivity (Wildman–Crippen MR) is 238 cm³/mol. The van der Waals surface area contributed by atoms with E-state index < -0.39 is 71.2 Å². The molecule has 0 amide bonds. The Labute approximate surface area is 363 Å². The van der Waals surface area contributed by atoms with Crippen molar-refractivity contribution in [3.8, 4) is 0 Å². The second kappa shape index (κ2) is 37.2. The Balaban J connectivity index is 2.44. The van der Waals surface area contributed by atoms with Crippen molar-refractivity contribution in [1.29, 1.82) is 0 Å². The first-order valence-electron chi connectivity index (χ1n) is 23.2. The van der Waals surface area contributed by atoms with E-state index in [-0.39, 0.29) is 19.4 Å². The highest BCUT2D eigenvalue weighted by molar-refractivity contribution is 7.85. The Hall–Kier alpha value is -2.39. The fourth-order valence-corrected chi connectivity index (χ4v) is 7.53. The molecule has 0 aliphatic carbocycles. The average Bonchev–Trinajstić information content (AvgIpc) is 3.21. The summed E-state index contributed by atoms with van der Waals surface area (Å²) < 4.78 is 54.1.